The molecule has 1 aromatic heterocycles. The molecule has 160 valence electrons. The van der Waals surface area contributed by atoms with Crippen molar-refractivity contribution in [3.05, 3.63) is 35.1 Å². The number of benzene rings is 1. The van der Waals surface area contributed by atoms with Gasteiger partial charge in [-0.1, -0.05) is 29.4 Å². The Labute approximate surface area is 187 Å². The molecule has 1 N–H and O–H groups in total. The Bertz CT molecular complexity index is 923. The molecule has 0 radical (unpaired) electrons. The van der Waals surface area contributed by atoms with Crippen LogP contribution in [0.25, 0.3) is 5.69 Å². The molecule has 4 fully saturated rings. The van der Waals surface area contributed by atoms with Crippen molar-refractivity contribution in [2.24, 2.45) is 23.2 Å². The fourth-order valence-electron chi connectivity index (χ4n) is 6.51. The Hall–Kier alpha value is -1.53. The van der Waals surface area contributed by atoms with Gasteiger partial charge in [0.2, 0.25) is 5.91 Å². The highest BCUT2D eigenvalue weighted by Gasteiger charge is 2.53. The molecule has 4 bridgehead atoms. The van der Waals surface area contributed by atoms with Crippen molar-refractivity contribution >= 4 is 29.3 Å². The van der Waals surface area contributed by atoms with Crippen LogP contribution in [0, 0.1) is 30.1 Å². The number of nitrogens with one attached hydrogen (secondary N) is 1. The van der Waals surface area contributed by atoms with Crippen LogP contribution in [-0.4, -0.2) is 32.5 Å². The third-order valence-electron chi connectivity index (χ3n) is 7.66. The fraction of sp³-hybridized carbons (Fsp3) is 0.609. The number of rotatable bonds is 6. The molecule has 0 saturated heterocycles. The third kappa shape index (κ3) is 3.77. The van der Waals surface area contributed by atoms with E-state index in [1.807, 2.05) is 29.7 Å². The predicted molar refractivity (Wildman–Crippen MR) is 120 cm³/mol. The average molecular weight is 445 g/mol. The zero-order valence-corrected chi connectivity index (χ0v) is 19.2. The number of hydrogen-bond acceptors (Lipinski definition) is 4. The highest BCUT2D eigenvalue weighted by molar-refractivity contribution is 7.99. The molecule has 1 heterocycles. The molecule has 2 aromatic rings. The number of carbonyl (C=O) groups is 1. The molecule has 1 atom stereocenters. The van der Waals surface area contributed by atoms with Gasteiger partial charge < -0.3 is 5.32 Å². The second-order valence-electron chi connectivity index (χ2n) is 9.77. The molecule has 1 unspecified atom stereocenters. The molecule has 0 aliphatic heterocycles. The Morgan fingerprint density at radius 3 is 2.57 bits per heavy atom. The monoisotopic (exact) mass is 444 g/mol. The molecular formula is C23H29ClN4OS. The first kappa shape index (κ1) is 20.4. The van der Waals surface area contributed by atoms with Gasteiger partial charge in [-0.15, -0.1) is 10.2 Å². The summed E-state index contributed by atoms with van der Waals surface area (Å²) in [6.07, 6.45) is 9.85. The largest absolute Gasteiger partial charge is 0.352 e. The zero-order valence-electron chi connectivity index (χ0n) is 17.6. The summed E-state index contributed by atoms with van der Waals surface area (Å²) >= 11 is 7.69. The van der Waals surface area contributed by atoms with Gasteiger partial charge in [-0.25, -0.2) is 0 Å². The van der Waals surface area contributed by atoms with Gasteiger partial charge in [0.1, 0.15) is 6.33 Å². The second-order valence-corrected chi connectivity index (χ2v) is 11.1. The molecule has 5 nitrogen and oxygen atoms in total. The number of aryl methyl sites for hydroxylation is 1. The van der Waals surface area contributed by atoms with Gasteiger partial charge in [-0.05, 0) is 93.2 Å². The molecule has 6 rings (SSSR count). The van der Waals surface area contributed by atoms with Crippen molar-refractivity contribution in [3.63, 3.8) is 0 Å². The first-order valence-electron chi connectivity index (χ1n) is 11.0. The van der Waals surface area contributed by atoms with E-state index in [1.54, 1.807) is 6.33 Å². The lowest BCUT2D eigenvalue weighted by Crippen LogP contribution is -2.56. The molecule has 30 heavy (non-hydrogen) atoms. The van der Waals surface area contributed by atoms with Crippen LogP contribution in [0.1, 0.15) is 51.0 Å². The summed E-state index contributed by atoms with van der Waals surface area (Å²) in [4.78, 5) is 12.8. The summed E-state index contributed by atoms with van der Waals surface area (Å²) in [6, 6.07) is 6.11. The first-order chi connectivity index (χ1) is 14.4. The lowest BCUT2D eigenvalue weighted by Gasteiger charge is -2.59. The lowest BCUT2D eigenvalue weighted by molar-refractivity contribution is -0.123. The van der Waals surface area contributed by atoms with E-state index < -0.39 is 0 Å². The summed E-state index contributed by atoms with van der Waals surface area (Å²) in [5.74, 6) is 3.11. The molecule has 4 saturated carbocycles. The van der Waals surface area contributed by atoms with Crippen molar-refractivity contribution < 1.29 is 4.79 Å². The molecule has 4 aliphatic rings. The Balaban J connectivity index is 1.21. The van der Waals surface area contributed by atoms with E-state index in [-0.39, 0.29) is 11.9 Å². The van der Waals surface area contributed by atoms with Gasteiger partial charge in [0.25, 0.3) is 0 Å². The molecule has 7 heteroatoms. The Morgan fingerprint density at radius 1 is 1.27 bits per heavy atom. The van der Waals surface area contributed by atoms with Gasteiger partial charge in [0.15, 0.2) is 5.16 Å². The van der Waals surface area contributed by atoms with Gasteiger partial charge in [0, 0.05) is 11.1 Å². The van der Waals surface area contributed by atoms with Crippen LogP contribution in [0.5, 0.6) is 0 Å². The van der Waals surface area contributed by atoms with Gasteiger partial charge >= 0.3 is 0 Å². The van der Waals surface area contributed by atoms with Crippen LogP contribution < -0.4 is 5.32 Å². The number of carbonyl (C=O) groups excluding carboxylic acids is 1. The van der Waals surface area contributed by atoms with Crippen molar-refractivity contribution in [1.29, 1.82) is 0 Å². The summed E-state index contributed by atoms with van der Waals surface area (Å²) in [7, 11) is 0. The normalized spacial score (nSPS) is 30.4. The van der Waals surface area contributed by atoms with Crippen LogP contribution >= 0.6 is 23.4 Å². The number of hydrogen-bond donors (Lipinski definition) is 1. The van der Waals surface area contributed by atoms with Crippen LogP contribution in [0.3, 0.4) is 0 Å². The second kappa shape index (κ2) is 7.86. The topological polar surface area (TPSA) is 59.8 Å². The minimum absolute atomic E-state index is 0.0831. The molecule has 1 aromatic carbocycles. The van der Waals surface area contributed by atoms with Crippen molar-refractivity contribution in [3.8, 4) is 5.69 Å². The van der Waals surface area contributed by atoms with Crippen molar-refractivity contribution in [2.45, 2.75) is 63.6 Å². The summed E-state index contributed by atoms with van der Waals surface area (Å²) in [5.41, 5.74) is 2.26. The first-order valence-corrected chi connectivity index (χ1v) is 12.4. The third-order valence-corrected chi connectivity index (χ3v) is 9.01. The highest BCUT2D eigenvalue weighted by Crippen LogP contribution is 2.61. The number of thioether (sulfide) groups is 1. The number of aromatic nitrogens is 3. The van der Waals surface area contributed by atoms with Gasteiger partial charge in [0.05, 0.1) is 11.4 Å². The highest BCUT2D eigenvalue weighted by atomic mass is 35.5. The summed E-state index contributed by atoms with van der Waals surface area (Å²) < 4.78 is 1.88. The minimum Gasteiger partial charge on any atom is -0.352 e. The van der Waals surface area contributed by atoms with E-state index in [1.165, 1.54) is 50.3 Å². The average Bonchev–Trinajstić information content (AvgIpc) is 3.16. The Kier molecular flexibility index (Phi) is 5.34. The SMILES string of the molecule is Cc1ccc(-n2cnnc2SCC(=O)NC(C)C23CC4CC(CC(C4)C2)C3)cc1Cl. The predicted octanol–water partition coefficient (Wildman–Crippen LogP) is 5.04. The number of nitrogens with zero attached hydrogens (tertiary/aromatic N) is 3. The fourth-order valence-corrected chi connectivity index (χ4v) is 7.42. The zero-order chi connectivity index (χ0) is 20.9. The minimum atomic E-state index is 0.0831. The summed E-state index contributed by atoms with van der Waals surface area (Å²) in [6.45, 7) is 4.20. The standard InChI is InChI=1S/C23H29ClN4OS/c1-14-3-4-19(8-20(14)24)28-13-25-27-22(28)30-12-21(29)26-15(2)23-9-16-5-17(10-23)7-18(6-16)11-23/h3-4,8,13,15-18H,5-7,9-12H2,1-2H3,(H,26,29). The summed E-state index contributed by atoms with van der Waals surface area (Å²) in [5, 5.41) is 13.0. The number of halogens is 1. The molecule has 1 amide bonds. The maximum atomic E-state index is 12.8. The maximum Gasteiger partial charge on any atom is 0.230 e. The van der Waals surface area contributed by atoms with E-state index in [9.17, 15) is 4.79 Å². The van der Waals surface area contributed by atoms with Gasteiger partial charge in [-0.3, -0.25) is 9.36 Å². The molecule has 4 aliphatic carbocycles. The molecule has 0 spiro atoms. The van der Waals surface area contributed by atoms with E-state index >= 15 is 0 Å². The van der Waals surface area contributed by atoms with Crippen molar-refractivity contribution in [2.75, 3.05) is 5.75 Å². The van der Waals surface area contributed by atoms with Crippen LogP contribution in [0.15, 0.2) is 29.7 Å². The number of amides is 1. The van der Waals surface area contributed by atoms with Crippen LogP contribution in [0.2, 0.25) is 5.02 Å². The lowest BCUT2D eigenvalue weighted by atomic mass is 9.48. The maximum absolute atomic E-state index is 12.8. The van der Waals surface area contributed by atoms with Crippen LogP contribution in [-0.2, 0) is 4.79 Å². The Morgan fingerprint density at radius 2 is 1.93 bits per heavy atom. The molecular weight excluding hydrogens is 416 g/mol. The van der Waals surface area contributed by atoms with E-state index in [2.05, 4.69) is 22.4 Å². The smallest absolute Gasteiger partial charge is 0.230 e. The van der Waals surface area contributed by atoms with E-state index in [4.69, 9.17) is 11.6 Å². The van der Waals surface area contributed by atoms with E-state index in [0.717, 1.165) is 29.0 Å². The van der Waals surface area contributed by atoms with Crippen LogP contribution in [0.4, 0.5) is 0 Å². The van der Waals surface area contributed by atoms with Crippen molar-refractivity contribution in [1.82, 2.24) is 20.1 Å². The quantitative estimate of drug-likeness (QED) is 0.634. The van der Waals surface area contributed by atoms with Gasteiger partial charge in [-0.2, -0.15) is 0 Å². The van der Waals surface area contributed by atoms with E-state index in [0.29, 0.717) is 21.3 Å².